The number of amides is 2. The second kappa shape index (κ2) is 9.70. The van der Waals surface area contributed by atoms with E-state index in [1.807, 2.05) is 13.0 Å². The zero-order valence-corrected chi connectivity index (χ0v) is 20.1. The monoisotopic (exact) mass is 468 g/mol. The molecule has 2 amide bonds. The molecule has 1 N–H and O–H groups in total. The predicted octanol–water partition coefficient (Wildman–Crippen LogP) is 3.67. The number of nitrogens with zero attached hydrogens (tertiary/aromatic N) is 5. The van der Waals surface area contributed by atoms with Crippen LogP contribution >= 0.6 is 11.3 Å². The summed E-state index contributed by atoms with van der Waals surface area (Å²) in [6.45, 7) is 9.26. The number of hydrogen-bond donors (Lipinski definition) is 1. The molecule has 1 fully saturated rings. The lowest BCUT2D eigenvalue weighted by Crippen LogP contribution is -2.46. The number of carbonyl (C=O) groups is 2. The summed E-state index contributed by atoms with van der Waals surface area (Å²) in [6.07, 6.45) is 4.33. The van der Waals surface area contributed by atoms with E-state index in [4.69, 9.17) is 9.72 Å². The first-order valence-electron chi connectivity index (χ1n) is 11.1. The molecule has 1 saturated heterocycles. The van der Waals surface area contributed by atoms with Crippen molar-refractivity contribution in [1.82, 2.24) is 30.0 Å². The summed E-state index contributed by atoms with van der Waals surface area (Å²) in [4.78, 5) is 37.9. The molecule has 0 radical (unpaired) electrons. The van der Waals surface area contributed by atoms with E-state index in [1.54, 1.807) is 40.2 Å². The molecule has 174 valence electrons. The summed E-state index contributed by atoms with van der Waals surface area (Å²) < 4.78 is 6.64. The zero-order chi connectivity index (χ0) is 23.5. The average molecular weight is 469 g/mol. The van der Waals surface area contributed by atoms with Gasteiger partial charge in [0.2, 0.25) is 0 Å². The van der Waals surface area contributed by atoms with Crippen LogP contribution in [0.5, 0.6) is 0 Å². The second-order valence-electron chi connectivity index (χ2n) is 8.06. The first-order chi connectivity index (χ1) is 15.9. The molecule has 33 heavy (non-hydrogen) atoms. The van der Waals surface area contributed by atoms with Crippen molar-refractivity contribution in [3.05, 3.63) is 45.5 Å². The number of piperidine rings is 1. The zero-order valence-electron chi connectivity index (χ0n) is 19.3. The summed E-state index contributed by atoms with van der Waals surface area (Å²) in [6, 6.07) is 4.00. The van der Waals surface area contributed by atoms with E-state index in [0.717, 1.165) is 11.3 Å². The van der Waals surface area contributed by atoms with Crippen LogP contribution in [-0.2, 0) is 4.74 Å². The lowest BCUT2D eigenvalue weighted by atomic mass is 10.0. The van der Waals surface area contributed by atoms with E-state index < -0.39 is 0 Å². The van der Waals surface area contributed by atoms with E-state index in [-0.39, 0.29) is 18.0 Å². The molecule has 3 aromatic rings. The van der Waals surface area contributed by atoms with Crippen LogP contribution in [0.3, 0.4) is 0 Å². The molecule has 0 atom stereocenters. The molecule has 9 nitrogen and oxygen atoms in total. The maximum atomic E-state index is 12.9. The van der Waals surface area contributed by atoms with Crippen LogP contribution in [0.4, 0.5) is 4.79 Å². The second-order valence-corrected chi connectivity index (χ2v) is 9.52. The van der Waals surface area contributed by atoms with Gasteiger partial charge in [0.25, 0.3) is 11.9 Å². The highest BCUT2D eigenvalue weighted by atomic mass is 32.1. The van der Waals surface area contributed by atoms with Crippen molar-refractivity contribution in [3.8, 4) is 17.2 Å². The van der Waals surface area contributed by atoms with Gasteiger partial charge in [0.15, 0.2) is 0 Å². The fourth-order valence-corrected chi connectivity index (χ4v) is 4.94. The number of aryl methyl sites for hydroxylation is 2. The Morgan fingerprint density at radius 1 is 1.24 bits per heavy atom. The lowest BCUT2D eigenvalue weighted by Gasteiger charge is -2.31. The molecule has 3 aromatic heterocycles. The molecule has 1 aliphatic heterocycles. The molecule has 4 rings (SSSR count). The summed E-state index contributed by atoms with van der Waals surface area (Å²) in [7, 11) is 0. The van der Waals surface area contributed by atoms with Gasteiger partial charge in [0, 0.05) is 40.6 Å². The fourth-order valence-electron chi connectivity index (χ4n) is 4.00. The van der Waals surface area contributed by atoms with Gasteiger partial charge >= 0.3 is 6.09 Å². The number of nitrogens with one attached hydrogen (secondary N) is 1. The smallest absolute Gasteiger partial charge is 0.409 e. The van der Waals surface area contributed by atoms with Gasteiger partial charge in [-0.05, 0) is 52.7 Å². The van der Waals surface area contributed by atoms with Crippen molar-refractivity contribution in [1.29, 1.82) is 0 Å². The molecule has 1 aliphatic rings. The number of aromatic nitrogens is 4. The minimum atomic E-state index is -0.297. The van der Waals surface area contributed by atoms with E-state index in [0.29, 0.717) is 49.7 Å². The Kier molecular flexibility index (Phi) is 6.73. The topological polar surface area (TPSA) is 102 Å². The van der Waals surface area contributed by atoms with Crippen molar-refractivity contribution in [3.63, 3.8) is 0 Å². The molecule has 0 bridgehead atoms. The van der Waals surface area contributed by atoms with E-state index >= 15 is 0 Å². The minimum absolute atomic E-state index is 0.00434. The SMILES string of the molecule is CCOC(=O)N1CCC(NC(=O)c2cnn(-c3nccc(-c4cc(C)sc4C)n3)c2C)CC1. The van der Waals surface area contributed by atoms with Crippen LogP contribution in [0.2, 0.25) is 0 Å². The van der Waals surface area contributed by atoms with Crippen LogP contribution in [0.1, 0.15) is 45.6 Å². The van der Waals surface area contributed by atoms with Gasteiger partial charge < -0.3 is 15.0 Å². The summed E-state index contributed by atoms with van der Waals surface area (Å²) in [5, 5.41) is 7.45. The maximum Gasteiger partial charge on any atom is 0.409 e. The van der Waals surface area contributed by atoms with Crippen molar-refractivity contribution in [2.75, 3.05) is 19.7 Å². The molecule has 0 saturated carbocycles. The third-order valence-corrected chi connectivity index (χ3v) is 6.73. The van der Waals surface area contributed by atoms with Crippen LogP contribution in [0.15, 0.2) is 24.5 Å². The normalized spacial score (nSPS) is 14.4. The first-order valence-corrected chi connectivity index (χ1v) is 11.9. The van der Waals surface area contributed by atoms with E-state index in [9.17, 15) is 9.59 Å². The number of rotatable bonds is 5. The Bertz CT molecular complexity index is 1160. The molecule has 0 unspecified atom stereocenters. The van der Waals surface area contributed by atoms with Crippen LogP contribution in [0.25, 0.3) is 17.2 Å². The number of likely N-dealkylation sites (tertiary alicyclic amines) is 1. The minimum Gasteiger partial charge on any atom is -0.450 e. The van der Waals surface area contributed by atoms with Gasteiger partial charge in [-0.25, -0.2) is 19.4 Å². The Balaban J connectivity index is 1.45. The summed E-state index contributed by atoms with van der Waals surface area (Å²) in [5.41, 5.74) is 3.07. The molecule has 4 heterocycles. The number of thiophene rings is 1. The Labute approximate surface area is 196 Å². The predicted molar refractivity (Wildman–Crippen MR) is 126 cm³/mol. The van der Waals surface area contributed by atoms with Crippen molar-refractivity contribution < 1.29 is 14.3 Å². The van der Waals surface area contributed by atoms with Gasteiger partial charge in [-0.15, -0.1) is 11.3 Å². The van der Waals surface area contributed by atoms with Crippen LogP contribution in [0, 0.1) is 20.8 Å². The average Bonchev–Trinajstić information content (AvgIpc) is 3.35. The number of carbonyl (C=O) groups excluding carboxylic acids is 2. The first kappa shape index (κ1) is 22.9. The number of ether oxygens (including phenoxy) is 1. The molecule has 10 heteroatoms. The van der Waals surface area contributed by atoms with Crippen LogP contribution in [-0.4, -0.2) is 62.4 Å². The largest absolute Gasteiger partial charge is 0.450 e. The third-order valence-electron chi connectivity index (χ3n) is 5.76. The summed E-state index contributed by atoms with van der Waals surface area (Å²) in [5.74, 6) is 0.240. The Morgan fingerprint density at radius 3 is 2.67 bits per heavy atom. The highest BCUT2D eigenvalue weighted by Gasteiger charge is 2.26. The van der Waals surface area contributed by atoms with Gasteiger partial charge in [-0.2, -0.15) is 5.10 Å². The molecule has 0 aromatic carbocycles. The molecule has 0 aliphatic carbocycles. The molecule has 0 spiro atoms. The maximum absolute atomic E-state index is 12.9. The lowest BCUT2D eigenvalue weighted by molar-refractivity contribution is 0.0859. The number of hydrogen-bond acceptors (Lipinski definition) is 7. The fraction of sp³-hybridized carbons (Fsp3) is 0.435. The van der Waals surface area contributed by atoms with E-state index in [2.05, 4.69) is 35.3 Å². The van der Waals surface area contributed by atoms with Crippen LogP contribution < -0.4 is 5.32 Å². The molecular formula is C23H28N6O3S. The van der Waals surface area contributed by atoms with Gasteiger partial charge in [0.05, 0.1) is 29.8 Å². The third kappa shape index (κ3) is 4.90. The Morgan fingerprint density at radius 2 is 2.00 bits per heavy atom. The van der Waals surface area contributed by atoms with Crippen molar-refractivity contribution in [2.45, 2.75) is 46.6 Å². The highest BCUT2D eigenvalue weighted by Crippen LogP contribution is 2.29. The standard InChI is InChI=1S/C23H28N6O3S/c1-5-32-23(31)28-10-7-17(8-11-28)26-21(30)19-13-25-29(15(19)3)22-24-9-6-20(27-22)18-12-14(2)33-16(18)4/h6,9,12-13,17H,5,7-8,10-11H2,1-4H3,(H,26,30). The highest BCUT2D eigenvalue weighted by molar-refractivity contribution is 7.12. The molecular weight excluding hydrogens is 440 g/mol. The van der Waals surface area contributed by atoms with Gasteiger partial charge in [-0.1, -0.05) is 0 Å². The Hall–Kier alpha value is -3.27. The van der Waals surface area contributed by atoms with E-state index in [1.165, 1.54) is 9.75 Å². The van der Waals surface area contributed by atoms with Crippen molar-refractivity contribution in [2.24, 2.45) is 0 Å². The van der Waals surface area contributed by atoms with Gasteiger partial charge in [0.1, 0.15) is 0 Å². The quantitative estimate of drug-likeness (QED) is 0.613. The summed E-state index contributed by atoms with van der Waals surface area (Å²) >= 11 is 1.73. The van der Waals surface area contributed by atoms with Crippen molar-refractivity contribution >= 4 is 23.3 Å². The van der Waals surface area contributed by atoms with Gasteiger partial charge in [-0.3, -0.25) is 4.79 Å².